The number of hydrogen-bond donors (Lipinski definition) is 2. The van der Waals surface area contributed by atoms with Crippen LogP contribution in [0.2, 0.25) is 0 Å². The first-order chi connectivity index (χ1) is 15.1. The van der Waals surface area contributed by atoms with Crippen molar-refractivity contribution in [2.75, 3.05) is 6.54 Å². The first-order valence-corrected chi connectivity index (χ1v) is 11.5. The van der Waals surface area contributed by atoms with Gasteiger partial charge in [-0.25, -0.2) is 0 Å². The number of amides is 3. The van der Waals surface area contributed by atoms with Gasteiger partial charge in [-0.2, -0.15) is 13.2 Å². The Morgan fingerprint density at radius 2 is 1.76 bits per heavy atom. The molecule has 0 unspecified atom stereocenters. The van der Waals surface area contributed by atoms with Crippen molar-refractivity contribution in [1.82, 2.24) is 15.5 Å². The molecule has 5 atom stereocenters. The third-order valence-corrected chi connectivity index (χ3v) is 7.72. The molecule has 1 aliphatic heterocycles. The van der Waals surface area contributed by atoms with Crippen molar-refractivity contribution >= 4 is 17.7 Å². The van der Waals surface area contributed by atoms with Crippen molar-refractivity contribution < 1.29 is 27.6 Å². The SMILES string of the molecule is C#C[C@H](CC1CCC1)NC(=O)[C@@H]1[C@@H]2[C@H](CN1C(=O)[C@@H](NC(=O)C(F)(F)F)C(C)(C)C)C2(C)C. The minimum absolute atomic E-state index is 0.0621. The van der Waals surface area contributed by atoms with Crippen molar-refractivity contribution in [3.63, 3.8) is 0 Å². The largest absolute Gasteiger partial charge is 0.471 e. The molecule has 3 amide bonds. The Morgan fingerprint density at radius 1 is 1.15 bits per heavy atom. The maximum Gasteiger partial charge on any atom is 0.471 e. The van der Waals surface area contributed by atoms with Crippen molar-refractivity contribution in [3.05, 3.63) is 0 Å². The molecule has 184 valence electrons. The van der Waals surface area contributed by atoms with Crippen LogP contribution in [-0.2, 0) is 14.4 Å². The van der Waals surface area contributed by atoms with E-state index in [4.69, 9.17) is 6.42 Å². The highest BCUT2D eigenvalue weighted by atomic mass is 19.4. The standard InChI is InChI=1S/C24H34F3N3O3/c1-7-14(11-13-9-8-10-13)28-19(31)17-16-15(23(16,5)6)12-30(17)20(32)18(22(2,3)4)29-21(33)24(25,26)27/h1,13-18H,8-12H2,2-6H3,(H,28,31)(H,29,33)/t14-,15+,16+,17+,18-/m1/s1. The molecule has 33 heavy (non-hydrogen) atoms. The smallest absolute Gasteiger partial charge is 0.341 e. The Morgan fingerprint density at radius 3 is 2.21 bits per heavy atom. The number of nitrogens with one attached hydrogen (secondary N) is 2. The topological polar surface area (TPSA) is 78.5 Å². The van der Waals surface area contributed by atoms with E-state index in [1.54, 1.807) is 20.8 Å². The Kier molecular flexibility index (Phi) is 6.55. The Labute approximate surface area is 193 Å². The lowest BCUT2D eigenvalue weighted by Crippen LogP contribution is -2.61. The van der Waals surface area contributed by atoms with Gasteiger partial charge in [-0.3, -0.25) is 14.4 Å². The minimum Gasteiger partial charge on any atom is -0.341 e. The average Bonchev–Trinajstić information content (AvgIpc) is 3.01. The second kappa shape index (κ2) is 8.52. The molecule has 0 aromatic carbocycles. The number of alkyl halides is 3. The van der Waals surface area contributed by atoms with Crippen LogP contribution in [-0.4, -0.2) is 53.5 Å². The third-order valence-electron chi connectivity index (χ3n) is 7.72. The maximum atomic E-state index is 13.5. The van der Waals surface area contributed by atoms with Gasteiger partial charge in [0, 0.05) is 6.54 Å². The number of halogens is 3. The van der Waals surface area contributed by atoms with Gasteiger partial charge in [0.25, 0.3) is 0 Å². The molecule has 0 bridgehead atoms. The Balaban J connectivity index is 1.80. The van der Waals surface area contributed by atoms with Crippen molar-refractivity contribution in [1.29, 1.82) is 0 Å². The fourth-order valence-corrected chi connectivity index (χ4v) is 5.33. The third kappa shape index (κ3) is 4.99. The molecule has 0 aromatic rings. The zero-order valence-corrected chi connectivity index (χ0v) is 19.9. The molecule has 3 aliphatic rings. The van der Waals surface area contributed by atoms with E-state index in [-0.39, 0.29) is 29.7 Å². The minimum atomic E-state index is -5.11. The number of fused-ring (bicyclic) bond motifs is 1. The molecule has 1 heterocycles. The van der Waals surface area contributed by atoms with Gasteiger partial charge in [0.15, 0.2) is 0 Å². The Bertz CT molecular complexity index is 852. The number of piperidine rings is 1. The highest BCUT2D eigenvalue weighted by molar-refractivity contribution is 5.95. The molecule has 3 rings (SSSR count). The van der Waals surface area contributed by atoms with E-state index in [1.165, 1.54) is 4.90 Å². The van der Waals surface area contributed by atoms with Crippen molar-refractivity contribution in [2.24, 2.45) is 28.6 Å². The second-order valence-corrected chi connectivity index (χ2v) is 11.4. The summed E-state index contributed by atoms with van der Waals surface area (Å²) in [5.41, 5.74) is -1.16. The molecule has 2 saturated carbocycles. The van der Waals surface area contributed by atoms with Gasteiger partial charge >= 0.3 is 12.1 Å². The first-order valence-electron chi connectivity index (χ1n) is 11.5. The van der Waals surface area contributed by atoms with Crippen LogP contribution in [0.4, 0.5) is 13.2 Å². The van der Waals surface area contributed by atoms with Crippen LogP contribution in [0.15, 0.2) is 0 Å². The summed E-state index contributed by atoms with van der Waals surface area (Å²) >= 11 is 0. The molecule has 0 radical (unpaired) electrons. The molecule has 2 aliphatic carbocycles. The number of hydrogen-bond acceptors (Lipinski definition) is 3. The van der Waals surface area contributed by atoms with E-state index < -0.39 is 41.5 Å². The lowest BCUT2D eigenvalue weighted by molar-refractivity contribution is -0.176. The van der Waals surface area contributed by atoms with Crippen LogP contribution in [0.1, 0.15) is 60.3 Å². The zero-order chi connectivity index (χ0) is 24.9. The summed E-state index contributed by atoms with van der Waals surface area (Å²) in [7, 11) is 0. The van der Waals surface area contributed by atoms with Crippen LogP contribution in [0.3, 0.4) is 0 Å². The van der Waals surface area contributed by atoms with E-state index >= 15 is 0 Å². The van der Waals surface area contributed by atoms with Crippen LogP contribution in [0.25, 0.3) is 0 Å². The van der Waals surface area contributed by atoms with E-state index in [9.17, 15) is 27.6 Å². The van der Waals surface area contributed by atoms with Crippen molar-refractivity contribution in [2.45, 2.75) is 84.6 Å². The number of rotatable bonds is 6. The predicted octanol–water partition coefficient (Wildman–Crippen LogP) is 2.87. The second-order valence-electron chi connectivity index (χ2n) is 11.4. The molecule has 2 N–H and O–H groups in total. The van der Waals surface area contributed by atoms with Gasteiger partial charge in [-0.05, 0) is 35.0 Å². The molecule has 9 heteroatoms. The summed E-state index contributed by atoms with van der Waals surface area (Å²) in [6, 6.07) is -2.72. The van der Waals surface area contributed by atoms with Gasteiger partial charge in [-0.15, -0.1) is 6.42 Å². The highest BCUT2D eigenvalue weighted by Gasteiger charge is 2.69. The van der Waals surface area contributed by atoms with E-state index in [2.05, 4.69) is 11.2 Å². The molecule has 0 spiro atoms. The molecule has 0 aromatic heterocycles. The van der Waals surface area contributed by atoms with Gasteiger partial charge < -0.3 is 15.5 Å². The lowest BCUT2D eigenvalue weighted by Gasteiger charge is -2.38. The molecule has 6 nitrogen and oxygen atoms in total. The van der Waals surface area contributed by atoms with Gasteiger partial charge in [-0.1, -0.05) is 59.8 Å². The number of carbonyl (C=O) groups excluding carboxylic acids is 3. The van der Waals surface area contributed by atoms with Crippen LogP contribution in [0, 0.1) is 40.9 Å². The molecular weight excluding hydrogens is 435 g/mol. The van der Waals surface area contributed by atoms with E-state index in [1.807, 2.05) is 19.2 Å². The molecule has 1 saturated heterocycles. The van der Waals surface area contributed by atoms with E-state index in [0.29, 0.717) is 12.3 Å². The fraction of sp³-hybridized carbons (Fsp3) is 0.792. The summed E-state index contributed by atoms with van der Waals surface area (Å²) in [5, 5.41) is 4.75. The molecular formula is C24H34F3N3O3. The average molecular weight is 470 g/mol. The van der Waals surface area contributed by atoms with Crippen molar-refractivity contribution in [3.8, 4) is 12.3 Å². The Hall–Kier alpha value is -2.24. The number of likely N-dealkylation sites (tertiary alicyclic amines) is 1. The monoisotopic (exact) mass is 469 g/mol. The maximum absolute atomic E-state index is 13.5. The fourth-order valence-electron chi connectivity index (χ4n) is 5.33. The summed E-state index contributed by atoms with van der Waals surface area (Å²) in [5.74, 6) is -0.182. The van der Waals surface area contributed by atoms with Crippen LogP contribution in [0.5, 0.6) is 0 Å². The lowest BCUT2D eigenvalue weighted by atomic mass is 9.81. The normalized spacial score (nSPS) is 28.1. The first kappa shape index (κ1) is 25.4. The number of terminal acetylenes is 1. The summed E-state index contributed by atoms with van der Waals surface area (Å²) in [4.78, 5) is 39.8. The molecule has 3 fully saturated rings. The van der Waals surface area contributed by atoms with Crippen LogP contribution < -0.4 is 10.6 Å². The number of carbonyl (C=O) groups is 3. The van der Waals surface area contributed by atoms with Gasteiger partial charge in [0.1, 0.15) is 12.1 Å². The van der Waals surface area contributed by atoms with Crippen LogP contribution >= 0.6 is 0 Å². The summed E-state index contributed by atoms with van der Waals surface area (Å²) in [6.07, 6.45) is 4.50. The zero-order valence-electron chi connectivity index (χ0n) is 19.9. The van der Waals surface area contributed by atoms with E-state index in [0.717, 1.165) is 19.3 Å². The predicted molar refractivity (Wildman–Crippen MR) is 116 cm³/mol. The summed E-state index contributed by atoms with van der Waals surface area (Å²) in [6.45, 7) is 9.03. The summed E-state index contributed by atoms with van der Waals surface area (Å²) < 4.78 is 38.7. The highest BCUT2D eigenvalue weighted by Crippen LogP contribution is 2.65. The quantitative estimate of drug-likeness (QED) is 0.588. The van der Waals surface area contributed by atoms with Gasteiger partial charge in [0.2, 0.25) is 11.8 Å². The van der Waals surface area contributed by atoms with Gasteiger partial charge in [0.05, 0.1) is 6.04 Å². The number of nitrogens with zero attached hydrogens (tertiary/aromatic N) is 1.